The van der Waals surface area contributed by atoms with Crippen molar-refractivity contribution in [1.82, 2.24) is 5.32 Å². The van der Waals surface area contributed by atoms with Gasteiger partial charge in [-0.15, -0.1) is 0 Å². The van der Waals surface area contributed by atoms with Crippen molar-refractivity contribution < 1.29 is 18.7 Å². The molecule has 1 saturated heterocycles. The first kappa shape index (κ1) is 19.8. The van der Waals surface area contributed by atoms with Crippen molar-refractivity contribution in [3.8, 4) is 5.75 Å². The lowest BCUT2D eigenvalue weighted by atomic mass is 10.2. The van der Waals surface area contributed by atoms with Gasteiger partial charge in [-0.25, -0.2) is 9.38 Å². The number of rotatable bonds is 6. The predicted octanol–water partition coefficient (Wildman–Crippen LogP) is 3.60. The van der Waals surface area contributed by atoms with Crippen LogP contribution in [0.15, 0.2) is 53.5 Å². The molecule has 2 aromatic carbocycles. The van der Waals surface area contributed by atoms with Crippen molar-refractivity contribution in [2.45, 2.75) is 25.9 Å². The third-order valence-corrected chi connectivity index (χ3v) is 4.22. The number of carbonyl (C=O) groups is 1. The minimum atomic E-state index is -0.468. The molecular formula is C21H24FN3O3. The highest BCUT2D eigenvalue weighted by Gasteiger charge is 2.16. The van der Waals surface area contributed by atoms with E-state index < -0.39 is 11.7 Å². The fourth-order valence-electron chi connectivity index (χ4n) is 2.84. The molecule has 28 heavy (non-hydrogen) atoms. The first-order valence-corrected chi connectivity index (χ1v) is 9.37. The van der Waals surface area contributed by atoms with Crippen LogP contribution in [0.4, 0.5) is 10.1 Å². The molecule has 0 radical (unpaired) electrons. The Balaban J connectivity index is 1.72. The third-order valence-electron chi connectivity index (χ3n) is 4.22. The van der Waals surface area contributed by atoms with Crippen LogP contribution in [-0.2, 0) is 4.74 Å². The van der Waals surface area contributed by atoms with Crippen LogP contribution in [0.2, 0.25) is 0 Å². The second-order valence-electron chi connectivity index (χ2n) is 6.37. The molecule has 0 aromatic heterocycles. The summed E-state index contributed by atoms with van der Waals surface area (Å²) in [6.45, 7) is 3.68. The largest absolute Gasteiger partial charge is 0.494 e. The van der Waals surface area contributed by atoms with Gasteiger partial charge in [0.15, 0.2) is 0 Å². The van der Waals surface area contributed by atoms with E-state index in [-0.39, 0.29) is 17.6 Å². The third kappa shape index (κ3) is 5.79. The summed E-state index contributed by atoms with van der Waals surface area (Å²) in [4.78, 5) is 17.0. The molecule has 0 unspecified atom stereocenters. The average molecular weight is 385 g/mol. The van der Waals surface area contributed by atoms with Crippen LogP contribution in [0.25, 0.3) is 0 Å². The van der Waals surface area contributed by atoms with Crippen molar-refractivity contribution in [3.63, 3.8) is 0 Å². The number of nitrogens with zero attached hydrogens (tertiary/aromatic N) is 1. The number of hydrogen-bond acceptors (Lipinski definition) is 4. The highest BCUT2D eigenvalue weighted by Crippen LogP contribution is 2.16. The molecule has 3 rings (SSSR count). The van der Waals surface area contributed by atoms with E-state index in [0.717, 1.165) is 30.9 Å². The minimum absolute atomic E-state index is 0.0446. The molecule has 6 nitrogen and oxygen atoms in total. The highest BCUT2D eigenvalue weighted by molar-refractivity contribution is 6.09. The molecule has 1 amide bonds. The van der Waals surface area contributed by atoms with Crippen molar-refractivity contribution in [2.24, 2.45) is 4.99 Å². The Morgan fingerprint density at radius 1 is 1.29 bits per heavy atom. The molecule has 1 heterocycles. The second-order valence-corrected chi connectivity index (χ2v) is 6.37. The number of amides is 1. The van der Waals surface area contributed by atoms with Gasteiger partial charge >= 0.3 is 0 Å². The zero-order valence-corrected chi connectivity index (χ0v) is 15.8. The summed E-state index contributed by atoms with van der Waals surface area (Å²) in [6.07, 6.45) is 2.00. The van der Waals surface area contributed by atoms with Gasteiger partial charge in [0, 0.05) is 17.9 Å². The Morgan fingerprint density at radius 2 is 2.11 bits per heavy atom. The van der Waals surface area contributed by atoms with Gasteiger partial charge in [-0.05, 0) is 62.2 Å². The van der Waals surface area contributed by atoms with Crippen LogP contribution in [0.3, 0.4) is 0 Å². The predicted molar refractivity (Wildman–Crippen MR) is 106 cm³/mol. The van der Waals surface area contributed by atoms with Crippen LogP contribution >= 0.6 is 0 Å². The van der Waals surface area contributed by atoms with Crippen LogP contribution in [-0.4, -0.2) is 37.7 Å². The number of halogens is 1. The Kier molecular flexibility index (Phi) is 6.97. The molecule has 1 fully saturated rings. The van der Waals surface area contributed by atoms with Crippen LogP contribution < -0.4 is 15.4 Å². The molecular weight excluding hydrogens is 361 g/mol. The number of guanidine groups is 1. The molecule has 2 N–H and O–H groups in total. The van der Waals surface area contributed by atoms with Crippen LogP contribution in [0.1, 0.15) is 30.1 Å². The van der Waals surface area contributed by atoms with Gasteiger partial charge in [-0.3, -0.25) is 10.1 Å². The van der Waals surface area contributed by atoms with E-state index in [1.807, 2.05) is 31.2 Å². The lowest BCUT2D eigenvalue weighted by Gasteiger charge is -2.14. The summed E-state index contributed by atoms with van der Waals surface area (Å²) < 4.78 is 24.4. The highest BCUT2D eigenvalue weighted by atomic mass is 19.1. The maximum absolute atomic E-state index is 13.4. The van der Waals surface area contributed by atoms with E-state index in [1.165, 1.54) is 18.2 Å². The van der Waals surface area contributed by atoms with Gasteiger partial charge in [0.2, 0.25) is 5.96 Å². The summed E-state index contributed by atoms with van der Waals surface area (Å²) in [5, 5.41) is 5.82. The maximum Gasteiger partial charge on any atom is 0.258 e. The van der Waals surface area contributed by atoms with E-state index in [4.69, 9.17) is 9.47 Å². The van der Waals surface area contributed by atoms with Gasteiger partial charge in [0.25, 0.3) is 5.91 Å². The lowest BCUT2D eigenvalue weighted by Crippen LogP contribution is -2.36. The van der Waals surface area contributed by atoms with Gasteiger partial charge in [-0.2, -0.15) is 0 Å². The topological polar surface area (TPSA) is 71.9 Å². The van der Waals surface area contributed by atoms with Gasteiger partial charge in [0.05, 0.1) is 19.3 Å². The SMILES string of the molecule is CCOc1ccc(NC(=NC[C@H]2CCCO2)NC(=O)c2cccc(F)c2)cc1. The summed E-state index contributed by atoms with van der Waals surface area (Å²) in [6, 6.07) is 12.9. The van der Waals surface area contributed by atoms with Crippen molar-refractivity contribution in [3.05, 3.63) is 59.9 Å². The molecule has 0 aliphatic carbocycles. The van der Waals surface area contributed by atoms with E-state index in [1.54, 1.807) is 6.07 Å². The van der Waals surface area contributed by atoms with E-state index >= 15 is 0 Å². The molecule has 148 valence electrons. The first-order valence-electron chi connectivity index (χ1n) is 9.37. The van der Waals surface area contributed by atoms with Gasteiger partial charge < -0.3 is 14.8 Å². The zero-order chi connectivity index (χ0) is 19.8. The molecule has 1 atom stereocenters. The summed E-state index contributed by atoms with van der Waals surface area (Å²) >= 11 is 0. The van der Waals surface area contributed by atoms with E-state index in [9.17, 15) is 9.18 Å². The molecule has 0 saturated carbocycles. The zero-order valence-electron chi connectivity index (χ0n) is 15.8. The Bertz CT molecular complexity index is 818. The van der Waals surface area contributed by atoms with Crippen molar-refractivity contribution in [1.29, 1.82) is 0 Å². The Morgan fingerprint density at radius 3 is 2.79 bits per heavy atom. The lowest BCUT2D eigenvalue weighted by molar-refractivity contribution is 0.0975. The van der Waals surface area contributed by atoms with Crippen LogP contribution in [0.5, 0.6) is 5.75 Å². The molecule has 1 aliphatic heterocycles. The molecule has 0 spiro atoms. The normalized spacial score (nSPS) is 16.6. The molecule has 7 heteroatoms. The number of carbonyl (C=O) groups excluding carboxylic acids is 1. The monoisotopic (exact) mass is 385 g/mol. The van der Waals surface area contributed by atoms with Crippen molar-refractivity contribution in [2.75, 3.05) is 25.1 Å². The summed E-state index contributed by atoms with van der Waals surface area (Å²) in [7, 11) is 0. The number of ether oxygens (including phenoxy) is 2. The van der Waals surface area contributed by atoms with Crippen LogP contribution in [0, 0.1) is 5.82 Å². The summed E-state index contributed by atoms with van der Waals surface area (Å²) in [5.74, 6) is 0.137. The standard InChI is InChI=1S/C21H24FN3O3/c1-2-27-18-10-8-17(9-11-18)24-21(23-14-19-7-4-12-28-19)25-20(26)15-5-3-6-16(22)13-15/h3,5-6,8-11,13,19H,2,4,7,12,14H2,1H3,(H2,23,24,25,26)/t19-/m1/s1. The smallest absolute Gasteiger partial charge is 0.258 e. The first-order chi connectivity index (χ1) is 13.6. The number of aliphatic imine (C=N–C) groups is 1. The molecule has 1 aliphatic rings. The fourth-order valence-corrected chi connectivity index (χ4v) is 2.84. The second kappa shape index (κ2) is 9.85. The fraction of sp³-hybridized carbons (Fsp3) is 0.333. The number of nitrogens with one attached hydrogen (secondary N) is 2. The van der Waals surface area contributed by atoms with Gasteiger partial charge in [0.1, 0.15) is 11.6 Å². The van der Waals surface area contributed by atoms with E-state index in [0.29, 0.717) is 13.2 Å². The maximum atomic E-state index is 13.4. The average Bonchev–Trinajstić information content (AvgIpc) is 3.21. The molecule has 0 bridgehead atoms. The van der Waals surface area contributed by atoms with Crippen molar-refractivity contribution >= 4 is 17.6 Å². The number of anilines is 1. The number of benzene rings is 2. The Hall–Kier alpha value is -2.93. The quantitative estimate of drug-likeness (QED) is 0.589. The summed E-state index contributed by atoms with van der Waals surface area (Å²) in [5.41, 5.74) is 0.965. The number of hydrogen-bond donors (Lipinski definition) is 2. The van der Waals surface area contributed by atoms with E-state index in [2.05, 4.69) is 15.6 Å². The minimum Gasteiger partial charge on any atom is -0.494 e. The Labute approximate surface area is 163 Å². The molecule has 2 aromatic rings. The van der Waals surface area contributed by atoms with Gasteiger partial charge in [-0.1, -0.05) is 6.07 Å².